The second-order valence-electron chi connectivity index (χ2n) is 6.71. The molecule has 4 aliphatic rings. The Kier molecular flexibility index (Phi) is 2.18. The van der Waals surface area contributed by atoms with Crippen LogP contribution >= 0.6 is 0 Å². The van der Waals surface area contributed by atoms with Crippen LogP contribution in [0, 0.1) is 41.4 Å². The van der Waals surface area contributed by atoms with Gasteiger partial charge in [-0.15, -0.1) is 0 Å². The number of aliphatic hydroxyl groups is 1. The van der Waals surface area contributed by atoms with Gasteiger partial charge in [-0.3, -0.25) is 0 Å². The second kappa shape index (κ2) is 3.23. The van der Waals surface area contributed by atoms with Crippen molar-refractivity contribution in [3.05, 3.63) is 0 Å². The lowest BCUT2D eigenvalue weighted by Gasteiger charge is -2.60. The Morgan fingerprint density at radius 1 is 0.800 bits per heavy atom. The van der Waals surface area contributed by atoms with Gasteiger partial charge in [0.15, 0.2) is 0 Å². The van der Waals surface area contributed by atoms with Crippen LogP contribution in [0.25, 0.3) is 0 Å². The SMILES string of the molecule is CC1C[C@H](C)C2C(O)C3CC1C2[C@@H](C)C3. The van der Waals surface area contributed by atoms with Gasteiger partial charge >= 0.3 is 0 Å². The Morgan fingerprint density at radius 3 is 2.20 bits per heavy atom. The molecule has 0 heterocycles. The van der Waals surface area contributed by atoms with Crippen LogP contribution in [0.4, 0.5) is 0 Å². The predicted octanol–water partition coefficient (Wildman–Crippen LogP) is 2.93. The second-order valence-corrected chi connectivity index (χ2v) is 6.71. The van der Waals surface area contributed by atoms with Crippen molar-refractivity contribution in [3.63, 3.8) is 0 Å². The van der Waals surface area contributed by atoms with Crippen LogP contribution in [0.15, 0.2) is 0 Å². The molecule has 4 saturated carbocycles. The van der Waals surface area contributed by atoms with Gasteiger partial charge in [0.1, 0.15) is 0 Å². The van der Waals surface area contributed by atoms with E-state index < -0.39 is 0 Å². The van der Waals surface area contributed by atoms with E-state index >= 15 is 0 Å². The maximum atomic E-state index is 10.4. The van der Waals surface area contributed by atoms with Gasteiger partial charge in [0.2, 0.25) is 0 Å². The molecular formula is C14H24O. The van der Waals surface area contributed by atoms with Crippen LogP contribution in [-0.2, 0) is 0 Å². The number of hydrogen-bond donors (Lipinski definition) is 1. The van der Waals surface area contributed by atoms with Crippen molar-refractivity contribution in [1.82, 2.24) is 0 Å². The first-order valence-corrected chi connectivity index (χ1v) is 6.77. The van der Waals surface area contributed by atoms with Crippen LogP contribution in [0.5, 0.6) is 0 Å². The largest absolute Gasteiger partial charge is 0.393 e. The summed E-state index contributed by atoms with van der Waals surface area (Å²) in [5.74, 6) is 5.55. The zero-order valence-electron chi connectivity index (χ0n) is 10.2. The molecule has 0 aliphatic heterocycles. The Labute approximate surface area is 93.3 Å². The monoisotopic (exact) mass is 208 g/mol. The van der Waals surface area contributed by atoms with Crippen LogP contribution in [0.2, 0.25) is 0 Å². The first kappa shape index (κ1) is 10.1. The third-order valence-electron chi connectivity index (χ3n) is 5.85. The van der Waals surface area contributed by atoms with Crippen molar-refractivity contribution < 1.29 is 5.11 Å². The Balaban J connectivity index is 1.97. The van der Waals surface area contributed by atoms with E-state index in [9.17, 15) is 5.11 Å². The molecule has 86 valence electrons. The highest BCUT2D eigenvalue weighted by Crippen LogP contribution is 2.59. The van der Waals surface area contributed by atoms with E-state index in [1.54, 1.807) is 0 Å². The predicted molar refractivity (Wildman–Crippen MR) is 61.3 cm³/mol. The van der Waals surface area contributed by atoms with E-state index in [2.05, 4.69) is 20.8 Å². The number of rotatable bonds is 0. The number of fused-ring (bicyclic) bond motifs is 1. The van der Waals surface area contributed by atoms with Gasteiger partial charge < -0.3 is 5.11 Å². The molecule has 1 nitrogen and oxygen atoms in total. The van der Waals surface area contributed by atoms with Gasteiger partial charge in [-0.2, -0.15) is 0 Å². The van der Waals surface area contributed by atoms with Gasteiger partial charge in [0.25, 0.3) is 0 Å². The van der Waals surface area contributed by atoms with E-state index in [1.807, 2.05) is 0 Å². The molecule has 8 atom stereocenters. The van der Waals surface area contributed by atoms with Crippen molar-refractivity contribution in [1.29, 1.82) is 0 Å². The summed E-state index contributed by atoms with van der Waals surface area (Å²) in [6, 6.07) is 0. The molecule has 0 saturated heterocycles. The molecule has 6 unspecified atom stereocenters. The smallest absolute Gasteiger partial charge is 0.0602 e. The average molecular weight is 208 g/mol. The Bertz CT molecular complexity index is 262. The number of hydrogen-bond acceptors (Lipinski definition) is 1. The molecule has 0 amide bonds. The molecule has 4 fully saturated rings. The topological polar surface area (TPSA) is 20.2 Å². The lowest BCUT2D eigenvalue weighted by atomic mass is 9.46. The third-order valence-corrected chi connectivity index (χ3v) is 5.85. The zero-order valence-corrected chi connectivity index (χ0v) is 10.2. The van der Waals surface area contributed by atoms with Gasteiger partial charge in [0, 0.05) is 0 Å². The Morgan fingerprint density at radius 2 is 1.47 bits per heavy atom. The summed E-state index contributed by atoms with van der Waals surface area (Å²) in [5, 5.41) is 10.4. The Hall–Kier alpha value is -0.0400. The fourth-order valence-electron chi connectivity index (χ4n) is 5.39. The summed E-state index contributed by atoms with van der Waals surface area (Å²) in [4.78, 5) is 0. The minimum atomic E-state index is 0.0324. The molecule has 0 aromatic rings. The summed E-state index contributed by atoms with van der Waals surface area (Å²) >= 11 is 0. The van der Waals surface area contributed by atoms with E-state index in [0.717, 1.165) is 29.6 Å². The first-order chi connectivity index (χ1) is 7.09. The molecular weight excluding hydrogens is 184 g/mol. The zero-order chi connectivity index (χ0) is 10.7. The van der Waals surface area contributed by atoms with Crippen molar-refractivity contribution in [3.8, 4) is 0 Å². The highest BCUT2D eigenvalue weighted by atomic mass is 16.3. The van der Waals surface area contributed by atoms with Crippen LogP contribution in [-0.4, -0.2) is 11.2 Å². The molecule has 0 aromatic carbocycles. The maximum absolute atomic E-state index is 10.4. The molecule has 0 spiro atoms. The average Bonchev–Trinajstić information content (AvgIpc) is 2.17. The van der Waals surface area contributed by atoms with E-state index in [0.29, 0.717) is 11.8 Å². The van der Waals surface area contributed by atoms with E-state index in [1.165, 1.54) is 19.3 Å². The summed E-state index contributed by atoms with van der Waals surface area (Å²) in [6.45, 7) is 7.23. The summed E-state index contributed by atoms with van der Waals surface area (Å²) in [7, 11) is 0. The first-order valence-electron chi connectivity index (χ1n) is 6.77. The van der Waals surface area contributed by atoms with Crippen molar-refractivity contribution in [2.45, 2.75) is 46.1 Å². The minimum Gasteiger partial charge on any atom is -0.393 e. The quantitative estimate of drug-likeness (QED) is 0.649. The summed E-state index contributed by atoms with van der Waals surface area (Å²) in [6.07, 6.45) is 3.99. The van der Waals surface area contributed by atoms with Crippen molar-refractivity contribution >= 4 is 0 Å². The third kappa shape index (κ3) is 1.25. The summed E-state index contributed by atoms with van der Waals surface area (Å²) < 4.78 is 0. The molecule has 4 bridgehead atoms. The van der Waals surface area contributed by atoms with Crippen LogP contribution in [0.1, 0.15) is 40.0 Å². The van der Waals surface area contributed by atoms with Gasteiger partial charge in [0.05, 0.1) is 6.10 Å². The highest BCUT2D eigenvalue weighted by Gasteiger charge is 2.56. The maximum Gasteiger partial charge on any atom is 0.0602 e. The van der Waals surface area contributed by atoms with Crippen LogP contribution < -0.4 is 0 Å². The van der Waals surface area contributed by atoms with Crippen molar-refractivity contribution in [2.75, 3.05) is 0 Å². The lowest BCUT2D eigenvalue weighted by molar-refractivity contribution is -0.167. The van der Waals surface area contributed by atoms with Gasteiger partial charge in [-0.05, 0) is 60.7 Å². The standard InChI is InChI=1S/C14H24O/c1-7-4-8(2)13-12-9(3)5-10(14(13)15)6-11(7)12/h7-15H,4-6H2,1-3H3/t7?,8-,9-,10?,11?,12?,13?,14?/m0/s1. The molecule has 1 N–H and O–H groups in total. The molecule has 1 heteroatoms. The highest BCUT2D eigenvalue weighted by molar-refractivity contribution is 5.05. The molecule has 15 heavy (non-hydrogen) atoms. The van der Waals surface area contributed by atoms with Gasteiger partial charge in [-0.1, -0.05) is 20.8 Å². The fraction of sp³-hybridized carbons (Fsp3) is 1.00. The normalized spacial score (nSPS) is 63.2. The molecule has 0 aromatic heterocycles. The van der Waals surface area contributed by atoms with E-state index in [4.69, 9.17) is 0 Å². The van der Waals surface area contributed by atoms with E-state index in [-0.39, 0.29) is 6.10 Å². The fourth-order valence-corrected chi connectivity index (χ4v) is 5.39. The molecule has 4 rings (SSSR count). The summed E-state index contributed by atoms with van der Waals surface area (Å²) in [5.41, 5.74) is 0. The minimum absolute atomic E-state index is 0.0324. The number of aliphatic hydroxyl groups excluding tert-OH is 1. The van der Waals surface area contributed by atoms with Gasteiger partial charge in [-0.25, -0.2) is 0 Å². The van der Waals surface area contributed by atoms with Crippen molar-refractivity contribution in [2.24, 2.45) is 41.4 Å². The molecule has 0 radical (unpaired) electrons. The van der Waals surface area contributed by atoms with Crippen LogP contribution in [0.3, 0.4) is 0 Å². The lowest BCUT2D eigenvalue weighted by Crippen LogP contribution is -2.58. The molecule has 4 aliphatic carbocycles.